The molecule has 0 bridgehead atoms. The Morgan fingerprint density at radius 1 is 0.968 bits per heavy atom. The third kappa shape index (κ3) is 5.59. The Bertz CT molecular complexity index is 869. The molecule has 1 saturated heterocycles. The van der Waals surface area contributed by atoms with Crippen molar-refractivity contribution in [3.63, 3.8) is 0 Å². The first-order valence-corrected chi connectivity index (χ1v) is 10.1. The predicted octanol–water partition coefficient (Wildman–Crippen LogP) is 3.24. The monoisotopic (exact) mass is 428 g/mol. The summed E-state index contributed by atoms with van der Waals surface area (Å²) in [5.41, 5.74) is 1.36. The van der Waals surface area contributed by atoms with E-state index in [0.29, 0.717) is 48.7 Å². The lowest BCUT2D eigenvalue weighted by Gasteiger charge is -2.31. The highest BCUT2D eigenvalue weighted by Crippen LogP contribution is 2.38. The topological polar surface area (TPSA) is 86.3 Å². The first-order chi connectivity index (χ1) is 15.0. The molecule has 8 nitrogen and oxygen atoms in total. The molecule has 8 heteroatoms. The zero-order valence-electron chi connectivity index (χ0n) is 18.1. The van der Waals surface area contributed by atoms with Crippen molar-refractivity contribution in [2.24, 2.45) is 0 Å². The van der Waals surface area contributed by atoms with Crippen molar-refractivity contribution in [2.75, 3.05) is 34.4 Å². The van der Waals surface area contributed by atoms with E-state index in [-0.39, 0.29) is 24.6 Å². The summed E-state index contributed by atoms with van der Waals surface area (Å²) < 4.78 is 21.3. The smallest absolute Gasteiger partial charge is 0.410 e. The fourth-order valence-corrected chi connectivity index (χ4v) is 3.50. The van der Waals surface area contributed by atoms with Crippen molar-refractivity contribution in [3.05, 3.63) is 53.6 Å². The number of methoxy groups -OCH3 is 3. The summed E-state index contributed by atoms with van der Waals surface area (Å²) in [7, 11) is 4.52. The zero-order chi connectivity index (χ0) is 22.2. The Morgan fingerprint density at radius 3 is 2.13 bits per heavy atom. The van der Waals surface area contributed by atoms with Crippen LogP contribution in [0.5, 0.6) is 17.2 Å². The third-order valence-electron chi connectivity index (χ3n) is 5.22. The molecule has 0 aliphatic carbocycles. The molecule has 31 heavy (non-hydrogen) atoms. The van der Waals surface area contributed by atoms with Gasteiger partial charge in [0.2, 0.25) is 5.75 Å². The second-order valence-electron chi connectivity index (χ2n) is 7.19. The molecule has 166 valence electrons. The average molecular weight is 428 g/mol. The van der Waals surface area contributed by atoms with E-state index in [1.165, 1.54) is 21.3 Å². The van der Waals surface area contributed by atoms with Crippen LogP contribution in [0.1, 0.15) is 28.8 Å². The van der Waals surface area contributed by atoms with Crippen LogP contribution in [-0.2, 0) is 11.3 Å². The van der Waals surface area contributed by atoms with Crippen LogP contribution >= 0.6 is 0 Å². The number of hydrogen-bond donors (Lipinski definition) is 1. The van der Waals surface area contributed by atoms with Gasteiger partial charge in [-0.25, -0.2) is 4.79 Å². The van der Waals surface area contributed by atoms with Crippen LogP contribution in [0.4, 0.5) is 4.79 Å². The molecule has 0 atom stereocenters. The summed E-state index contributed by atoms with van der Waals surface area (Å²) in [5, 5.41) is 3.02. The maximum absolute atomic E-state index is 12.8. The molecule has 2 amide bonds. The van der Waals surface area contributed by atoms with E-state index in [1.807, 2.05) is 30.3 Å². The van der Waals surface area contributed by atoms with Gasteiger partial charge in [-0.15, -0.1) is 0 Å². The lowest BCUT2D eigenvalue weighted by atomic mass is 10.0. The molecule has 0 radical (unpaired) electrons. The minimum absolute atomic E-state index is 0.0373. The molecular weight excluding hydrogens is 400 g/mol. The number of rotatable bonds is 7. The fourth-order valence-electron chi connectivity index (χ4n) is 3.50. The quantitative estimate of drug-likeness (QED) is 0.729. The highest BCUT2D eigenvalue weighted by Gasteiger charge is 2.26. The minimum atomic E-state index is -0.335. The van der Waals surface area contributed by atoms with Crippen molar-refractivity contribution < 1.29 is 28.5 Å². The summed E-state index contributed by atoms with van der Waals surface area (Å²) in [6.45, 7) is 1.29. The molecule has 0 unspecified atom stereocenters. The first-order valence-electron chi connectivity index (χ1n) is 10.1. The molecule has 1 aliphatic rings. The largest absolute Gasteiger partial charge is 0.493 e. The van der Waals surface area contributed by atoms with Crippen LogP contribution in [0.15, 0.2) is 42.5 Å². The number of nitrogens with zero attached hydrogens (tertiary/aromatic N) is 1. The summed E-state index contributed by atoms with van der Waals surface area (Å²) in [6.07, 6.45) is 0.964. The lowest BCUT2D eigenvalue weighted by molar-refractivity contribution is 0.0809. The van der Waals surface area contributed by atoms with Crippen LogP contribution in [0.25, 0.3) is 0 Å². The Labute approximate surface area is 182 Å². The van der Waals surface area contributed by atoms with Gasteiger partial charge in [-0.3, -0.25) is 4.79 Å². The number of amides is 2. The zero-order valence-corrected chi connectivity index (χ0v) is 18.1. The van der Waals surface area contributed by atoms with Gasteiger partial charge in [0.15, 0.2) is 11.5 Å². The maximum Gasteiger partial charge on any atom is 0.410 e. The van der Waals surface area contributed by atoms with Gasteiger partial charge in [0.1, 0.15) is 6.61 Å². The molecule has 0 saturated carbocycles. The van der Waals surface area contributed by atoms with Gasteiger partial charge in [-0.05, 0) is 30.5 Å². The molecule has 2 aromatic rings. The molecule has 1 aliphatic heterocycles. The Kier molecular flexibility index (Phi) is 7.59. The van der Waals surface area contributed by atoms with E-state index in [1.54, 1.807) is 17.0 Å². The van der Waals surface area contributed by atoms with E-state index < -0.39 is 0 Å². The predicted molar refractivity (Wildman–Crippen MR) is 115 cm³/mol. The van der Waals surface area contributed by atoms with Crippen LogP contribution in [0.2, 0.25) is 0 Å². The minimum Gasteiger partial charge on any atom is -0.493 e. The van der Waals surface area contributed by atoms with Gasteiger partial charge in [0.05, 0.1) is 21.3 Å². The number of carbonyl (C=O) groups excluding carboxylic acids is 2. The number of likely N-dealkylation sites (tertiary alicyclic amines) is 1. The second kappa shape index (κ2) is 10.6. The molecule has 0 spiro atoms. The average Bonchev–Trinajstić information content (AvgIpc) is 2.82. The number of benzene rings is 2. The summed E-state index contributed by atoms with van der Waals surface area (Å²) in [5.74, 6) is 1.04. The number of carbonyl (C=O) groups is 2. The lowest BCUT2D eigenvalue weighted by Crippen LogP contribution is -2.46. The number of hydrogen-bond acceptors (Lipinski definition) is 6. The Balaban J connectivity index is 1.52. The van der Waals surface area contributed by atoms with E-state index in [0.717, 1.165) is 5.56 Å². The van der Waals surface area contributed by atoms with Crippen molar-refractivity contribution in [1.29, 1.82) is 0 Å². The molecule has 2 aromatic carbocycles. The third-order valence-corrected chi connectivity index (χ3v) is 5.22. The Morgan fingerprint density at radius 2 is 1.58 bits per heavy atom. The van der Waals surface area contributed by atoms with Gasteiger partial charge in [0, 0.05) is 24.7 Å². The first kappa shape index (κ1) is 22.3. The van der Waals surface area contributed by atoms with Crippen LogP contribution in [-0.4, -0.2) is 57.4 Å². The van der Waals surface area contributed by atoms with Gasteiger partial charge < -0.3 is 29.2 Å². The number of piperidine rings is 1. The highest BCUT2D eigenvalue weighted by molar-refractivity contribution is 5.95. The van der Waals surface area contributed by atoms with E-state index in [2.05, 4.69) is 5.32 Å². The molecular formula is C23H28N2O6. The van der Waals surface area contributed by atoms with E-state index in [4.69, 9.17) is 18.9 Å². The van der Waals surface area contributed by atoms with Crippen LogP contribution in [0, 0.1) is 0 Å². The highest BCUT2D eigenvalue weighted by atomic mass is 16.6. The molecule has 0 aromatic heterocycles. The summed E-state index contributed by atoms with van der Waals surface area (Å²) >= 11 is 0. The van der Waals surface area contributed by atoms with Crippen molar-refractivity contribution in [1.82, 2.24) is 10.2 Å². The van der Waals surface area contributed by atoms with Crippen LogP contribution in [0.3, 0.4) is 0 Å². The number of nitrogens with one attached hydrogen (secondary N) is 1. The van der Waals surface area contributed by atoms with Crippen molar-refractivity contribution in [2.45, 2.75) is 25.5 Å². The molecule has 1 fully saturated rings. The molecule has 1 N–H and O–H groups in total. The van der Waals surface area contributed by atoms with E-state index >= 15 is 0 Å². The van der Waals surface area contributed by atoms with Crippen molar-refractivity contribution >= 4 is 12.0 Å². The van der Waals surface area contributed by atoms with Crippen LogP contribution < -0.4 is 19.5 Å². The maximum atomic E-state index is 12.8. The van der Waals surface area contributed by atoms with Crippen molar-refractivity contribution in [3.8, 4) is 17.2 Å². The standard InChI is InChI=1S/C23H28N2O6/c1-28-19-13-17(14-20(29-2)21(19)30-3)22(26)24-18-9-11-25(12-10-18)23(27)31-15-16-7-5-4-6-8-16/h4-8,13-14,18H,9-12,15H2,1-3H3,(H,24,26). The van der Waals surface area contributed by atoms with Gasteiger partial charge in [-0.2, -0.15) is 0 Å². The van der Waals surface area contributed by atoms with Gasteiger partial charge in [0.25, 0.3) is 5.91 Å². The molecule has 1 heterocycles. The van der Waals surface area contributed by atoms with E-state index in [9.17, 15) is 9.59 Å². The summed E-state index contributed by atoms with van der Waals surface area (Å²) in [4.78, 5) is 26.7. The normalized spacial score (nSPS) is 14.0. The molecule has 3 rings (SSSR count). The SMILES string of the molecule is COc1cc(C(=O)NC2CCN(C(=O)OCc3ccccc3)CC2)cc(OC)c1OC. The summed E-state index contributed by atoms with van der Waals surface area (Å²) in [6, 6.07) is 12.8. The number of ether oxygens (including phenoxy) is 4. The van der Waals surface area contributed by atoms with Gasteiger partial charge >= 0.3 is 6.09 Å². The Hall–Kier alpha value is -3.42. The fraction of sp³-hybridized carbons (Fsp3) is 0.391. The van der Waals surface area contributed by atoms with Gasteiger partial charge in [-0.1, -0.05) is 30.3 Å². The second-order valence-corrected chi connectivity index (χ2v) is 7.19.